The van der Waals surface area contributed by atoms with Gasteiger partial charge in [0, 0.05) is 13.0 Å². The van der Waals surface area contributed by atoms with Gasteiger partial charge in [0.1, 0.15) is 6.61 Å². The van der Waals surface area contributed by atoms with Crippen LogP contribution in [-0.4, -0.2) is 37.1 Å². The molecule has 0 N–H and O–H groups in total. The minimum Gasteiger partial charge on any atom is -0.464 e. The Kier molecular flexibility index (Phi) is 14.3. The molecule has 24 heavy (non-hydrogen) atoms. The Balaban J connectivity index is 1.77. The summed E-state index contributed by atoms with van der Waals surface area (Å²) in [6.45, 7) is 6.12. The van der Waals surface area contributed by atoms with E-state index < -0.39 is 0 Å². The minimum absolute atomic E-state index is 0.00272. The molecule has 0 radical (unpaired) electrons. The number of ether oxygens (including phenoxy) is 1. The van der Waals surface area contributed by atoms with E-state index in [-0.39, 0.29) is 5.97 Å². The van der Waals surface area contributed by atoms with Crippen molar-refractivity contribution in [3.05, 3.63) is 0 Å². The molecule has 0 aliphatic carbocycles. The van der Waals surface area contributed by atoms with Gasteiger partial charge in [0.05, 0.1) is 0 Å². The molecule has 0 aromatic rings. The molecule has 0 amide bonds. The van der Waals surface area contributed by atoms with Gasteiger partial charge in [0.15, 0.2) is 0 Å². The smallest absolute Gasteiger partial charge is 0.305 e. The molecule has 1 saturated heterocycles. The van der Waals surface area contributed by atoms with Gasteiger partial charge in [-0.25, -0.2) is 0 Å². The van der Waals surface area contributed by atoms with Crippen LogP contribution in [0.25, 0.3) is 0 Å². The second-order valence-corrected chi connectivity index (χ2v) is 7.41. The Morgan fingerprint density at radius 3 is 1.92 bits per heavy atom. The van der Waals surface area contributed by atoms with Crippen LogP contribution in [0.2, 0.25) is 0 Å². The first-order valence-electron chi connectivity index (χ1n) is 10.7. The van der Waals surface area contributed by atoms with E-state index in [1.807, 2.05) is 0 Å². The summed E-state index contributed by atoms with van der Waals surface area (Å²) in [5.41, 5.74) is 0. The van der Waals surface area contributed by atoms with Gasteiger partial charge in [0.2, 0.25) is 0 Å². The van der Waals surface area contributed by atoms with Crippen molar-refractivity contribution < 1.29 is 9.53 Å². The van der Waals surface area contributed by atoms with Gasteiger partial charge in [-0.3, -0.25) is 9.69 Å². The van der Waals surface area contributed by atoms with Crippen LogP contribution in [0.15, 0.2) is 0 Å². The number of hydrogen-bond donors (Lipinski definition) is 0. The highest BCUT2D eigenvalue weighted by molar-refractivity contribution is 5.69. The number of nitrogens with zero attached hydrogens (tertiary/aromatic N) is 1. The number of piperidine rings is 1. The SMILES string of the molecule is CCCCCCCCCCCCCC(=O)OCCN1CCCCC1. The Bertz CT molecular complexity index is 288. The largest absolute Gasteiger partial charge is 0.464 e. The Morgan fingerprint density at radius 1 is 0.792 bits per heavy atom. The lowest BCUT2D eigenvalue weighted by Crippen LogP contribution is -2.33. The first-order valence-corrected chi connectivity index (χ1v) is 10.7. The van der Waals surface area contributed by atoms with Crippen LogP contribution in [0.4, 0.5) is 0 Å². The maximum Gasteiger partial charge on any atom is 0.305 e. The molecule has 0 unspecified atom stereocenters. The monoisotopic (exact) mass is 339 g/mol. The fourth-order valence-electron chi connectivity index (χ4n) is 3.48. The fraction of sp³-hybridized carbons (Fsp3) is 0.952. The molecule has 142 valence electrons. The van der Waals surface area contributed by atoms with E-state index in [9.17, 15) is 4.79 Å². The third kappa shape index (κ3) is 12.8. The molecular formula is C21H41NO2. The van der Waals surface area contributed by atoms with E-state index in [0.29, 0.717) is 13.0 Å². The zero-order valence-corrected chi connectivity index (χ0v) is 16.2. The van der Waals surface area contributed by atoms with Crippen molar-refractivity contribution in [1.82, 2.24) is 4.90 Å². The number of likely N-dealkylation sites (tertiary alicyclic amines) is 1. The lowest BCUT2D eigenvalue weighted by atomic mass is 10.1. The van der Waals surface area contributed by atoms with Gasteiger partial charge in [0.25, 0.3) is 0 Å². The van der Waals surface area contributed by atoms with Crippen LogP contribution < -0.4 is 0 Å². The molecular weight excluding hydrogens is 298 g/mol. The third-order valence-corrected chi connectivity index (χ3v) is 5.10. The van der Waals surface area contributed by atoms with Crippen LogP contribution >= 0.6 is 0 Å². The van der Waals surface area contributed by atoms with Crippen molar-refractivity contribution in [2.24, 2.45) is 0 Å². The number of rotatable bonds is 15. The van der Waals surface area contributed by atoms with E-state index >= 15 is 0 Å². The zero-order valence-electron chi connectivity index (χ0n) is 16.2. The van der Waals surface area contributed by atoms with Crippen molar-refractivity contribution in [3.63, 3.8) is 0 Å². The summed E-state index contributed by atoms with van der Waals surface area (Å²) in [5, 5.41) is 0. The molecule has 0 saturated carbocycles. The van der Waals surface area contributed by atoms with Crippen LogP contribution in [0, 0.1) is 0 Å². The molecule has 0 atom stereocenters. The summed E-state index contributed by atoms with van der Waals surface area (Å²) in [5.74, 6) is 0.00272. The molecule has 1 fully saturated rings. The summed E-state index contributed by atoms with van der Waals surface area (Å²) in [7, 11) is 0. The maximum atomic E-state index is 11.7. The zero-order chi connectivity index (χ0) is 17.3. The summed E-state index contributed by atoms with van der Waals surface area (Å²) in [6, 6.07) is 0. The number of carbonyl (C=O) groups excluding carboxylic acids is 1. The van der Waals surface area contributed by atoms with E-state index in [0.717, 1.165) is 13.0 Å². The first kappa shape index (κ1) is 21.5. The molecule has 1 rings (SSSR count). The van der Waals surface area contributed by atoms with Gasteiger partial charge in [-0.05, 0) is 32.4 Å². The van der Waals surface area contributed by atoms with Crippen LogP contribution in [0.3, 0.4) is 0 Å². The van der Waals surface area contributed by atoms with Crippen molar-refractivity contribution in [2.45, 2.75) is 103 Å². The highest BCUT2D eigenvalue weighted by Gasteiger charge is 2.10. The van der Waals surface area contributed by atoms with Gasteiger partial charge >= 0.3 is 5.97 Å². The predicted molar refractivity (Wildman–Crippen MR) is 102 cm³/mol. The molecule has 1 aliphatic heterocycles. The predicted octanol–water partition coefficient (Wildman–Crippen LogP) is 5.72. The van der Waals surface area contributed by atoms with Crippen molar-refractivity contribution in [2.75, 3.05) is 26.2 Å². The van der Waals surface area contributed by atoms with E-state index in [4.69, 9.17) is 4.74 Å². The van der Waals surface area contributed by atoms with Crippen LogP contribution in [0.5, 0.6) is 0 Å². The highest BCUT2D eigenvalue weighted by atomic mass is 16.5. The lowest BCUT2D eigenvalue weighted by molar-refractivity contribution is -0.144. The summed E-state index contributed by atoms with van der Waals surface area (Å²) < 4.78 is 5.36. The quantitative estimate of drug-likeness (QED) is 0.282. The maximum absolute atomic E-state index is 11.7. The summed E-state index contributed by atoms with van der Waals surface area (Å²) >= 11 is 0. The topological polar surface area (TPSA) is 29.5 Å². The number of unbranched alkanes of at least 4 members (excludes halogenated alkanes) is 10. The van der Waals surface area contributed by atoms with Crippen molar-refractivity contribution in [3.8, 4) is 0 Å². The number of hydrogen-bond acceptors (Lipinski definition) is 3. The van der Waals surface area contributed by atoms with Crippen LogP contribution in [0.1, 0.15) is 103 Å². The second-order valence-electron chi connectivity index (χ2n) is 7.41. The van der Waals surface area contributed by atoms with Gasteiger partial charge in [-0.15, -0.1) is 0 Å². The summed E-state index contributed by atoms with van der Waals surface area (Å²) in [6.07, 6.45) is 19.1. The van der Waals surface area contributed by atoms with E-state index in [1.165, 1.54) is 96.6 Å². The standard InChI is InChI=1S/C21H41NO2/c1-2-3-4-5-6-7-8-9-10-11-13-16-21(23)24-20-19-22-17-14-12-15-18-22/h2-20H2,1H3. The molecule has 1 heterocycles. The molecule has 0 bridgehead atoms. The lowest BCUT2D eigenvalue weighted by Gasteiger charge is -2.25. The van der Waals surface area contributed by atoms with Crippen LogP contribution in [-0.2, 0) is 9.53 Å². The number of carbonyl (C=O) groups is 1. The molecule has 0 aromatic carbocycles. The van der Waals surface area contributed by atoms with Gasteiger partial charge in [-0.1, -0.05) is 77.6 Å². The Labute approximate surface area is 150 Å². The molecule has 0 aromatic heterocycles. The average molecular weight is 340 g/mol. The van der Waals surface area contributed by atoms with Crippen molar-refractivity contribution >= 4 is 5.97 Å². The number of esters is 1. The molecule has 1 aliphatic rings. The van der Waals surface area contributed by atoms with Crippen molar-refractivity contribution in [1.29, 1.82) is 0 Å². The highest BCUT2D eigenvalue weighted by Crippen LogP contribution is 2.12. The van der Waals surface area contributed by atoms with E-state index in [2.05, 4.69) is 11.8 Å². The average Bonchev–Trinajstić information content (AvgIpc) is 2.60. The molecule has 0 spiro atoms. The minimum atomic E-state index is 0.00272. The second kappa shape index (κ2) is 15.9. The Morgan fingerprint density at radius 2 is 1.33 bits per heavy atom. The first-order chi connectivity index (χ1) is 11.8. The van der Waals surface area contributed by atoms with Gasteiger partial charge < -0.3 is 4.74 Å². The molecule has 3 heteroatoms. The summed E-state index contributed by atoms with van der Waals surface area (Å²) in [4.78, 5) is 14.1. The Hall–Kier alpha value is -0.570. The van der Waals surface area contributed by atoms with Gasteiger partial charge in [-0.2, -0.15) is 0 Å². The van der Waals surface area contributed by atoms with E-state index in [1.54, 1.807) is 0 Å². The third-order valence-electron chi connectivity index (χ3n) is 5.10. The fourth-order valence-corrected chi connectivity index (χ4v) is 3.48. The normalized spacial score (nSPS) is 15.5. The molecule has 3 nitrogen and oxygen atoms in total.